The standard InChI is InChI=1S/C16H10Br2FNO2S2/c1-24(21,22)11-5-2-9(3-6-11)13-14(16(18)23-15(13)17)10-4-7-12(19)20-8-10/h2-8H,1H3. The van der Waals surface area contributed by atoms with Crippen molar-refractivity contribution in [3.63, 3.8) is 0 Å². The molecule has 24 heavy (non-hydrogen) atoms. The molecule has 3 rings (SSSR count). The van der Waals surface area contributed by atoms with Gasteiger partial charge in [0.2, 0.25) is 5.95 Å². The molecule has 0 N–H and O–H groups in total. The molecule has 0 aliphatic rings. The Hall–Kier alpha value is -1.09. The highest BCUT2D eigenvalue weighted by Crippen LogP contribution is 2.48. The van der Waals surface area contributed by atoms with E-state index < -0.39 is 15.8 Å². The second-order valence-corrected chi connectivity index (χ2v) is 10.7. The van der Waals surface area contributed by atoms with Crippen LogP contribution in [0.5, 0.6) is 0 Å². The monoisotopic (exact) mass is 489 g/mol. The van der Waals surface area contributed by atoms with Crippen molar-refractivity contribution in [2.75, 3.05) is 6.26 Å². The van der Waals surface area contributed by atoms with E-state index in [1.54, 1.807) is 30.3 Å². The number of pyridine rings is 1. The molecule has 124 valence electrons. The number of benzene rings is 1. The van der Waals surface area contributed by atoms with Crippen molar-refractivity contribution in [1.29, 1.82) is 0 Å². The average Bonchev–Trinajstić information content (AvgIpc) is 2.82. The normalized spacial score (nSPS) is 11.7. The fourth-order valence-corrected chi connectivity index (χ4v) is 6.19. The molecule has 0 aliphatic heterocycles. The lowest BCUT2D eigenvalue weighted by Crippen LogP contribution is -1.96. The average molecular weight is 491 g/mol. The summed E-state index contributed by atoms with van der Waals surface area (Å²) in [7, 11) is -3.24. The molecule has 8 heteroatoms. The lowest BCUT2D eigenvalue weighted by molar-refractivity contribution is 0.584. The molecule has 0 aliphatic carbocycles. The van der Waals surface area contributed by atoms with Crippen molar-refractivity contribution in [3.8, 4) is 22.3 Å². The predicted molar refractivity (Wildman–Crippen MR) is 101 cm³/mol. The van der Waals surface area contributed by atoms with Crippen LogP contribution in [0, 0.1) is 5.95 Å². The van der Waals surface area contributed by atoms with Crippen molar-refractivity contribution in [3.05, 3.63) is 56.1 Å². The maximum Gasteiger partial charge on any atom is 0.212 e. The summed E-state index contributed by atoms with van der Waals surface area (Å²) in [5.74, 6) is -0.539. The van der Waals surface area contributed by atoms with Crippen LogP contribution in [0.15, 0.2) is 55.1 Å². The topological polar surface area (TPSA) is 47.0 Å². The molecule has 0 atom stereocenters. The van der Waals surface area contributed by atoms with Crippen LogP contribution in [0.2, 0.25) is 0 Å². The summed E-state index contributed by atoms with van der Waals surface area (Å²) >= 11 is 8.58. The van der Waals surface area contributed by atoms with E-state index in [0.29, 0.717) is 0 Å². The third-order valence-electron chi connectivity index (χ3n) is 3.41. The van der Waals surface area contributed by atoms with Gasteiger partial charge in [0.05, 0.1) is 12.5 Å². The highest BCUT2D eigenvalue weighted by molar-refractivity contribution is 9.12. The maximum absolute atomic E-state index is 13.1. The molecule has 0 radical (unpaired) electrons. The molecule has 1 aromatic carbocycles. The van der Waals surface area contributed by atoms with Gasteiger partial charge in [-0.05, 0) is 61.7 Å². The van der Waals surface area contributed by atoms with E-state index in [1.807, 2.05) is 0 Å². The number of halogens is 3. The number of sulfone groups is 1. The Labute approximate surface area is 159 Å². The van der Waals surface area contributed by atoms with Crippen molar-refractivity contribution >= 4 is 53.0 Å². The van der Waals surface area contributed by atoms with Crippen LogP contribution in [0.1, 0.15) is 0 Å². The molecule has 0 spiro atoms. The molecule has 0 unspecified atom stereocenters. The van der Waals surface area contributed by atoms with Crippen LogP contribution in [0.4, 0.5) is 4.39 Å². The summed E-state index contributed by atoms with van der Waals surface area (Å²) in [4.78, 5) is 3.98. The molecule has 2 aromatic heterocycles. The highest BCUT2D eigenvalue weighted by Gasteiger charge is 2.19. The first kappa shape index (κ1) is 17.7. The maximum atomic E-state index is 13.1. The summed E-state index contributed by atoms with van der Waals surface area (Å²) in [5, 5.41) is 0. The van der Waals surface area contributed by atoms with E-state index in [1.165, 1.54) is 29.9 Å². The lowest BCUT2D eigenvalue weighted by atomic mass is 10.0. The Morgan fingerprint density at radius 3 is 2.00 bits per heavy atom. The SMILES string of the molecule is CS(=O)(=O)c1ccc(-c2c(Br)sc(Br)c2-c2ccc(F)nc2)cc1. The third kappa shape index (κ3) is 3.46. The number of hydrogen-bond donors (Lipinski definition) is 0. The van der Waals surface area contributed by atoms with Gasteiger partial charge in [0.25, 0.3) is 0 Å². The Bertz CT molecular complexity index is 998. The Balaban J connectivity index is 2.17. The van der Waals surface area contributed by atoms with E-state index in [0.717, 1.165) is 29.8 Å². The minimum absolute atomic E-state index is 0.265. The molecule has 3 aromatic rings. The minimum Gasteiger partial charge on any atom is -0.228 e. The summed E-state index contributed by atoms with van der Waals surface area (Å²) in [6, 6.07) is 9.65. The van der Waals surface area contributed by atoms with Crippen LogP contribution in [0.25, 0.3) is 22.3 Å². The van der Waals surface area contributed by atoms with E-state index in [9.17, 15) is 12.8 Å². The smallest absolute Gasteiger partial charge is 0.212 e. The van der Waals surface area contributed by atoms with Crippen molar-refractivity contribution in [1.82, 2.24) is 4.98 Å². The van der Waals surface area contributed by atoms with Gasteiger partial charge in [-0.25, -0.2) is 13.4 Å². The summed E-state index contributed by atoms with van der Waals surface area (Å²) < 4.78 is 38.1. The van der Waals surface area contributed by atoms with E-state index in [-0.39, 0.29) is 4.90 Å². The van der Waals surface area contributed by atoms with Gasteiger partial charge >= 0.3 is 0 Å². The summed E-state index contributed by atoms with van der Waals surface area (Å²) in [5.41, 5.74) is 3.41. The Morgan fingerprint density at radius 2 is 1.50 bits per heavy atom. The number of hydrogen-bond acceptors (Lipinski definition) is 4. The minimum atomic E-state index is -3.24. The molecule has 2 heterocycles. The van der Waals surface area contributed by atoms with Gasteiger partial charge in [-0.3, -0.25) is 0 Å². The molecule has 0 saturated carbocycles. The fraction of sp³-hybridized carbons (Fsp3) is 0.0625. The van der Waals surface area contributed by atoms with E-state index >= 15 is 0 Å². The van der Waals surface area contributed by atoms with Crippen molar-refractivity contribution in [2.45, 2.75) is 4.90 Å². The van der Waals surface area contributed by atoms with Gasteiger partial charge in [0.1, 0.15) is 0 Å². The third-order valence-corrected chi connectivity index (χ3v) is 7.07. The lowest BCUT2D eigenvalue weighted by Gasteiger charge is -2.07. The first-order chi connectivity index (χ1) is 11.3. The van der Waals surface area contributed by atoms with Crippen molar-refractivity contribution in [2.24, 2.45) is 0 Å². The van der Waals surface area contributed by atoms with Gasteiger partial charge in [0, 0.05) is 29.1 Å². The van der Waals surface area contributed by atoms with Crippen LogP contribution in [-0.4, -0.2) is 19.7 Å². The first-order valence-corrected chi connectivity index (χ1v) is 11.0. The molecule has 0 bridgehead atoms. The number of rotatable bonds is 3. The zero-order chi connectivity index (χ0) is 17.5. The molecule has 3 nitrogen and oxygen atoms in total. The molecular formula is C16H10Br2FNO2S2. The Kier molecular flexibility index (Phi) is 4.92. The predicted octanol–water partition coefficient (Wildman–Crippen LogP) is 5.54. The Morgan fingerprint density at radius 1 is 0.958 bits per heavy atom. The number of nitrogens with zero attached hydrogens (tertiary/aromatic N) is 1. The van der Waals surface area contributed by atoms with Crippen LogP contribution in [0.3, 0.4) is 0 Å². The molecule has 0 amide bonds. The largest absolute Gasteiger partial charge is 0.228 e. The van der Waals surface area contributed by atoms with Crippen LogP contribution < -0.4 is 0 Å². The zero-order valence-electron chi connectivity index (χ0n) is 12.3. The van der Waals surface area contributed by atoms with Gasteiger partial charge in [-0.1, -0.05) is 12.1 Å². The first-order valence-electron chi connectivity index (χ1n) is 6.67. The van der Waals surface area contributed by atoms with Gasteiger partial charge < -0.3 is 0 Å². The van der Waals surface area contributed by atoms with Gasteiger partial charge in [0.15, 0.2) is 9.84 Å². The molecular weight excluding hydrogens is 481 g/mol. The zero-order valence-corrected chi connectivity index (χ0v) is 17.1. The second kappa shape index (κ2) is 6.67. The van der Waals surface area contributed by atoms with Gasteiger partial charge in [-0.15, -0.1) is 11.3 Å². The summed E-state index contributed by atoms with van der Waals surface area (Å²) in [6.07, 6.45) is 2.65. The van der Waals surface area contributed by atoms with Crippen LogP contribution >= 0.6 is 43.2 Å². The van der Waals surface area contributed by atoms with Gasteiger partial charge in [-0.2, -0.15) is 4.39 Å². The van der Waals surface area contributed by atoms with E-state index in [4.69, 9.17) is 0 Å². The molecule has 0 fully saturated rings. The number of thiophene rings is 1. The van der Waals surface area contributed by atoms with Crippen LogP contribution in [-0.2, 0) is 9.84 Å². The quantitative estimate of drug-likeness (QED) is 0.452. The van der Waals surface area contributed by atoms with E-state index in [2.05, 4.69) is 36.8 Å². The van der Waals surface area contributed by atoms with Crippen molar-refractivity contribution < 1.29 is 12.8 Å². The highest BCUT2D eigenvalue weighted by atomic mass is 79.9. The second-order valence-electron chi connectivity index (χ2n) is 5.07. The summed E-state index contributed by atoms with van der Waals surface area (Å²) in [6.45, 7) is 0. The number of aromatic nitrogens is 1. The molecule has 0 saturated heterocycles. The fourth-order valence-electron chi connectivity index (χ4n) is 2.29.